The Balaban J connectivity index is 2.00. The molecule has 104 valence electrons. The van der Waals surface area contributed by atoms with Crippen molar-refractivity contribution < 1.29 is 9.53 Å². The molecular formula is C13H11Cl2N3O2. The third kappa shape index (κ3) is 3.82. The lowest BCUT2D eigenvalue weighted by atomic mass is 10.3. The highest BCUT2D eigenvalue weighted by Crippen LogP contribution is 2.28. The van der Waals surface area contributed by atoms with Crippen molar-refractivity contribution in [2.24, 2.45) is 0 Å². The number of nitrogens with zero attached hydrogens (tertiary/aromatic N) is 2. The quantitative estimate of drug-likeness (QED) is 0.941. The van der Waals surface area contributed by atoms with E-state index in [1.165, 1.54) is 12.4 Å². The van der Waals surface area contributed by atoms with E-state index >= 15 is 0 Å². The number of rotatable bonds is 4. The highest BCUT2D eigenvalue weighted by Gasteiger charge is 2.17. The van der Waals surface area contributed by atoms with Gasteiger partial charge in [0.05, 0.1) is 5.02 Å². The first-order valence-electron chi connectivity index (χ1n) is 5.76. The van der Waals surface area contributed by atoms with Gasteiger partial charge in [-0.3, -0.25) is 10.1 Å². The van der Waals surface area contributed by atoms with Crippen LogP contribution in [0, 0.1) is 0 Å². The number of anilines is 1. The van der Waals surface area contributed by atoms with Crippen LogP contribution in [-0.2, 0) is 4.79 Å². The maximum atomic E-state index is 11.9. The number of hydrogen-bond donors (Lipinski definition) is 1. The number of halogens is 2. The second-order valence-corrected chi connectivity index (χ2v) is 4.74. The predicted octanol–water partition coefficient (Wildman–Crippen LogP) is 3.19. The largest absolute Gasteiger partial charge is 0.479 e. The van der Waals surface area contributed by atoms with E-state index in [2.05, 4.69) is 15.3 Å². The Labute approximate surface area is 125 Å². The SMILES string of the molecule is C[C@@H](Oc1ccc(Cl)cc1Cl)C(=O)Nc1ncccn1. The molecule has 0 spiro atoms. The summed E-state index contributed by atoms with van der Waals surface area (Å²) in [4.78, 5) is 19.7. The van der Waals surface area contributed by atoms with Crippen molar-refractivity contribution in [3.63, 3.8) is 0 Å². The third-order valence-electron chi connectivity index (χ3n) is 2.37. The van der Waals surface area contributed by atoms with Crippen LogP contribution in [0.25, 0.3) is 0 Å². The van der Waals surface area contributed by atoms with Crippen LogP contribution in [0.1, 0.15) is 6.92 Å². The summed E-state index contributed by atoms with van der Waals surface area (Å²) >= 11 is 11.8. The first kappa shape index (κ1) is 14.6. The standard InChI is InChI=1S/C13H11Cl2N3O2/c1-8(12(19)18-13-16-5-2-6-17-13)20-11-4-3-9(14)7-10(11)15/h2-8H,1H3,(H,16,17,18,19)/t8-/m1/s1. The van der Waals surface area contributed by atoms with Crippen LogP contribution in [0.5, 0.6) is 5.75 Å². The van der Waals surface area contributed by atoms with Gasteiger partial charge in [0.2, 0.25) is 5.95 Å². The average molecular weight is 312 g/mol. The summed E-state index contributed by atoms with van der Waals surface area (Å²) in [6.07, 6.45) is 2.31. The molecule has 1 atom stereocenters. The summed E-state index contributed by atoms with van der Waals surface area (Å²) in [5.41, 5.74) is 0. The molecular weight excluding hydrogens is 301 g/mol. The lowest BCUT2D eigenvalue weighted by Crippen LogP contribution is -2.30. The molecule has 1 N–H and O–H groups in total. The zero-order chi connectivity index (χ0) is 14.5. The van der Waals surface area contributed by atoms with Gasteiger partial charge in [0, 0.05) is 17.4 Å². The van der Waals surface area contributed by atoms with E-state index in [0.717, 1.165) is 0 Å². The lowest BCUT2D eigenvalue weighted by molar-refractivity contribution is -0.122. The van der Waals surface area contributed by atoms with Gasteiger partial charge in [0.15, 0.2) is 6.10 Å². The van der Waals surface area contributed by atoms with E-state index in [-0.39, 0.29) is 11.9 Å². The fourth-order valence-electron chi connectivity index (χ4n) is 1.39. The summed E-state index contributed by atoms with van der Waals surface area (Å²) in [5, 5.41) is 3.38. The zero-order valence-electron chi connectivity index (χ0n) is 10.5. The molecule has 0 radical (unpaired) electrons. The molecule has 1 aromatic heterocycles. The van der Waals surface area contributed by atoms with Crippen molar-refractivity contribution in [3.8, 4) is 5.75 Å². The van der Waals surface area contributed by atoms with Gasteiger partial charge in [-0.2, -0.15) is 0 Å². The van der Waals surface area contributed by atoms with Crippen LogP contribution < -0.4 is 10.1 Å². The molecule has 0 unspecified atom stereocenters. The monoisotopic (exact) mass is 311 g/mol. The van der Waals surface area contributed by atoms with E-state index in [0.29, 0.717) is 15.8 Å². The minimum absolute atomic E-state index is 0.218. The smallest absolute Gasteiger partial charge is 0.267 e. The van der Waals surface area contributed by atoms with Crippen LogP contribution in [0.2, 0.25) is 10.0 Å². The first-order valence-corrected chi connectivity index (χ1v) is 6.51. The van der Waals surface area contributed by atoms with Crippen LogP contribution in [-0.4, -0.2) is 22.0 Å². The number of amides is 1. The fraction of sp³-hybridized carbons (Fsp3) is 0.154. The molecule has 5 nitrogen and oxygen atoms in total. The van der Waals surface area contributed by atoms with Gasteiger partial charge in [0.25, 0.3) is 5.91 Å². The molecule has 0 saturated heterocycles. The Morgan fingerprint density at radius 2 is 2.00 bits per heavy atom. The summed E-state index contributed by atoms with van der Waals surface area (Å²) in [7, 11) is 0. The number of carbonyl (C=O) groups excluding carboxylic acids is 1. The van der Waals surface area contributed by atoms with Crippen molar-refractivity contribution >= 4 is 35.1 Å². The van der Waals surface area contributed by atoms with Gasteiger partial charge in [0.1, 0.15) is 5.75 Å². The Bertz CT molecular complexity index is 608. The second kappa shape index (κ2) is 6.54. The van der Waals surface area contributed by atoms with E-state index < -0.39 is 6.10 Å². The minimum atomic E-state index is -0.752. The zero-order valence-corrected chi connectivity index (χ0v) is 12.0. The molecule has 1 amide bonds. The van der Waals surface area contributed by atoms with Crippen molar-refractivity contribution in [2.75, 3.05) is 5.32 Å². The molecule has 0 saturated carbocycles. The molecule has 0 aliphatic rings. The molecule has 0 bridgehead atoms. The van der Waals surface area contributed by atoms with E-state index in [1.807, 2.05) is 0 Å². The van der Waals surface area contributed by atoms with Gasteiger partial charge < -0.3 is 4.74 Å². The van der Waals surface area contributed by atoms with E-state index in [4.69, 9.17) is 27.9 Å². The molecule has 1 aromatic carbocycles. The molecule has 0 aliphatic carbocycles. The lowest BCUT2D eigenvalue weighted by Gasteiger charge is -2.15. The van der Waals surface area contributed by atoms with Crippen molar-refractivity contribution in [1.29, 1.82) is 0 Å². The van der Waals surface area contributed by atoms with Crippen LogP contribution in [0.4, 0.5) is 5.95 Å². The number of nitrogens with one attached hydrogen (secondary N) is 1. The number of hydrogen-bond acceptors (Lipinski definition) is 4. The summed E-state index contributed by atoms with van der Waals surface area (Å²) in [6, 6.07) is 6.44. The average Bonchev–Trinajstić information content (AvgIpc) is 2.43. The topological polar surface area (TPSA) is 64.1 Å². The number of carbonyl (C=O) groups is 1. The van der Waals surface area contributed by atoms with Gasteiger partial charge in [-0.1, -0.05) is 23.2 Å². The molecule has 0 aliphatic heterocycles. The summed E-state index contributed by atoms with van der Waals surface area (Å²) < 4.78 is 5.48. The third-order valence-corrected chi connectivity index (χ3v) is 2.90. The fourth-order valence-corrected chi connectivity index (χ4v) is 1.84. The number of benzene rings is 1. The maximum absolute atomic E-state index is 11.9. The summed E-state index contributed by atoms with van der Waals surface area (Å²) in [6.45, 7) is 1.60. The van der Waals surface area contributed by atoms with Crippen LogP contribution in [0.3, 0.4) is 0 Å². The van der Waals surface area contributed by atoms with E-state index in [1.54, 1.807) is 31.2 Å². The van der Waals surface area contributed by atoms with Gasteiger partial charge >= 0.3 is 0 Å². The molecule has 20 heavy (non-hydrogen) atoms. The Kier molecular flexibility index (Phi) is 4.76. The number of ether oxygens (including phenoxy) is 1. The molecule has 2 rings (SSSR count). The molecule has 1 heterocycles. The predicted molar refractivity (Wildman–Crippen MR) is 77.2 cm³/mol. The molecule has 0 fully saturated rings. The van der Waals surface area contributed by atoms with Gasteiger partial charge in [-0.15, -0.1) is 0 Å². The van der Waals surface area contributed by atoms with Crippen LogP contribution in [0.15, 0.2) is 36.7 Å². The number of aromatic nitrogens is 2. The van der Waals surface area contributed by atoms with Crippen molar-refractivity contribution in [1.82, 2.24) is 9.97 Å². The van der Waals surface area contributed by atoms with E-state index in [9.17, 15) is 4.79 Å². The minimum Gasteiger partial charge on any atom is -0.479 e. The Morgan fingerprint density at radius 3 is 2.65 bits per heavy atom. The second-order valence-electron chi connectivity index (χ2n) is 3.90. The first-order chi connectivity index (χ1) is 9.56. The van der Waals surface area contributed by atoms with Gasteiger partial charge in [-0.05, 0) is 31.2 Å². The maximum Gasteiger partial charge on any atom is 0.267 e. The molecule has 2 aromatic rings. The Morgan fingerprint density at radius 1 is 1.30 bits per heavy atom. The Hall–Kier alpha value is -1.85. The highest BCUT2D eigenvalue weighted by molar-refractivity contribution is 6.35. The van der Waals surface area contributed by atoms with Gasteiger partial charge in [-0.25, -0.2) is 9.97 Å². The summed E-state index contributed by atoms with van der Waals surface area (Å²) in [5.74, 6) is 0.227. The van der Waals surface area contributed by atoms with Crippen LogP contribution >= 0.6 is 23.2 Å². The highest BCUT2D eigenvalue weighted by atomic mass is 35.5. The normalized spacial score (nSPS) is 11.8. The molecule has 7 heteroatoms. The van der Waals surface area contributed by atoms with Crippen molar-refractivity contribution in [2.45, 2.75) is 13.0 Å². The van der Waals surface area contributed by atoms with Crippen molar-refractivity contribution in [3.05, 3.63) is 46.7 Å².